The summed E-state index contributed by atoms with van der Waals surface area (Å²) in [5.74, 6) is -0.208. The van der Waals surface area contributed by atoms with Gasteiger partial charge in [0.25, 0.3) is 0 Å². The van der Waals surface area contributed by atoms with Gasteiger partial charge in [-0.2, -0.15) is 13.2 Å². The smallest absolute Gasteiger partial charge is 0.412 e. The lowest BCUT2D eigenvalue weighted by Gasteiger charge is -2.46. The average molecular weight is 636 g/mol. The molecule has 1 saturated heterocycles. The first-order chi connectivity index (χ1) is 19.4. The molecule has 1 aromatic rings. The third-order valence-corrected chi connectivity index (χ3v) is 14.1. The molecule has 12 heteroatoms. The summed E-state index contributed by atoms with van der Waals surface area (Å²) >= 11 is 5.88. The summed E-state index contributed by atoms with van der Waals surface area (Å²) in [6, 6.07) is 2.68. The Morgan fingerprint density at radius 1 is 1.19 bits per heavy atom. The second kappa shape index (κ2) is 13.7. The maximum atomic E-state index is 13.5. The van der Waals surface area contributed by atoms with E-state index < -0.39 is 37.4 Å². The first kappa shape index (κ1) is 35.1. The van der Waals surface area contributed by atoms with Crippen LogP contribution in [0.5, 0.6) is 0 Å². The Bertz CT molecular complexity index is 1060. The van der Waals surface area contributed by atoms with Gasteiger partial charge in [-0.1, -0.05) is 32.4 Å². The first-order valence-corrected chi connectivity index (χ1v) is 18.1. The summed E-state index contributed by atoms with van der Waals surface area (Å²) < 4.78 is 57.0. The number of ether oxygens (including phenoxy) is 2. The number of benzene rings is 1. The van der Waals surface area contributed by atoms with Crippen LogP contribution in [0.2, 0.25) is 23.2 Å². The minimum absolute atomic E-state index is 0.155. The second-order valence-corrected chi connectivity index (χ2v) is 18.5. The zero-order valence-corrected chi connectivity index (χ0v) is 28.1. The number of nitrogens with one attached hydrogen (secondary N) is 1. The van der Waals surface area contributed by atoms with Crippen molar-refractivity contribution in [3.63, 3.8) is 0 Å². The predicted molar refractivity (Wildman–Crippen MR) is 163 cm³/mol. The molecule has 0 radical (unpaired) electrons. The fraction of sp³-hybridized carbons (Fsp3) is 0.767. The Balaban J connectivity index is 1.62. The van der Waals surface area contributed by atoms with Crippen LogP contribution in [-0.4, -0.2) is 89.4 Å². The van der Waals surface area contributed by atoms with Gasteiger partial charge in [-0.15, -0.1) is 0 Å². The summed E-state index contributed by atoms with van der Waals surface area (Å²) in [6.45, 7) is 16.6. The van der Waals surface area contributed by atoms with Crippen molar-refractivity contribution in [2.24, 2.45) is 5.41 Å². The van der Waals surface area contributed by atoms with Crippen molar-refractivity contribution in [3.05, 3.63) is 28.8 Å². The molecule has 1 aliphatic carbocycles. The Hall–Kier alpha value is -1.37. The number of alkyl halides is 3. The third-order valence-electron chi connectivity index (χ3n) is 9.31. The van der Waals surface area contributed by atoms with E-state index in [1.54, 1.807) is 11.8 Å². The molecule has 3 rings (SSSR count). The largest absolute Gasteiger partial charge is 0.417 e. The van der Waals surface area contributed by atoms with E-state index in [1.807, 2.05) is 0 Å². The van der Waals surface area contributed by atoms with Gasteiger partial charge in [0.15, 0.2) is 14.6 Å². The van der Waals surface area contributed by atoms with E-state index in [2.05, 4.69) is 44.1 Å². The van der Waals surface area contributed by atoms with Crippen molar-refractivity contribution in [3.8, 4) is 0 Å². The Morgan fingerprint density at radius 3 is 2.36 bits per heavy atom. The normalized spacial score (nSPS) is 20.2. The highest BCUT2D eigenvalue weighted by atomic mass is 35.5. The number of hydrogen-bond donors (Lipinski definition) is 1. The van der Waals surface area contributed by atoms with Gasteiger partial charge in [-0.25, -0.2) is 0 Å². The number of hydrogen-bond acceptors (Lipinski definition) is 6. The van der Waals surface area contributed by atoms with E-state index in [9.17, 15) is 18.0 Å². The molecule has 240 valence electrons. The molecule has 42 heavy (non-hydrogen) atoms. The zero-order valence-electron chi connectivity index (χ0n) is 26.4. The molecule has 2 aliphatic rings. The molecule has 2 fully saturated rings. The number of carbonyl (C=O) groups excluding carboxylic acids is 1. The molecule has 1 heterocycles. The minimum atomic E-state index is -4.55. The van der Waals surface area contributed by atoms with E-state index in [0.717, 1.165) is 38.5 Å². The molecule has 1 aromatic carbocycles. The van der Waals surface area contributed by atoms with E-state index in [0.29, 0.717) is 17.6 Å². The highest BCUT2D eigenvalue weighted by Crippen LogP contribution is 2.56. The fourth-order valence-corrected chi connectivity index (χ4v) is 6.99. The molecule has 2 atom stereocenters. The molecule has 0 aromatic heterocycles. The molecule has 0 unspecified atom stereocenters. The summed E-state index contributed by atoms with van der Waals surface area (Å²) in [5.41, 5.74) is -0.250. The number of rotatable bonds is 13. The van der Waals surface area contributed by atoms with Crippen LogP contribution in [-0.2, 0) is 24.9 Å². The van der Waals surface area contributed by atoms with E-state index in [4.69, 9.17) is 25.5 Å². The van der Waals surface area contributed by atoms with Crippen LogP contribution in [0, 0.1) is 5.41 Å². The molecule has 7 nitrogen and oxygen atoms in total. The summed E-state index contributed by atoms with van der Waals surface area (Å²) in [4.78, 5) is 17.7. The van der Waals surface area contributed by atoms with Crippen molar-refractivity contribution >= 4 is 31.5 Å². The van der Waals surface area contributed by atoms with Crippen LogP contribution < -0.4 is 5.32 Å². The number of piperidine rings is 1. The van der Waals surface area contributed by atoms with Crippen molar-refractivity contribution in [2.45, 2.75) is 96.1 Å². The van der Waals surface area contributed by atoms with Crippen molar-refractivity contribution in [1.29, 1.82) is 0 Å². The highest BCUT2D eigenvalue weighted by molar-refractivity contribution is 6.74. The summed E-state index contributed by atoms with van der Waals surface area (Å²) in [5, 5.41) is 2.73. The van der Waals surface area contributed by atoms with E-state index in [-0.39, 0.29) is 23.6 Å². The average Bonchev–Trinajstić information content (AvgIpc) is 3.66. The predicted octanol–water partition coefficient (Wildman–Crippen LogP) is 6.87. The van der Waals surface area contributed by atoms with E-state index >= 15 is 0 Å². The second-order valence-electron chi connectivity index (χ2n) is 13.4. The fourth-order valence-electron chi connectivity index (χ4n) is 5.31. The Kier molecular flexibility index (Phi) is 11.5. The molecular formula is C30H49ClF3N3O4Si. The van der Waals surface area contributed by atoms with Crippen molar-refractivity contribution in [1.82, 2.24) is 9.80 Å². The number of anilines is 1. The molecule has 0 bridgehead atoms. The standard InChI is InChI=1S/C30H49ClF3N3O4Si/c1-21(35-22-10-11-23(24(31)18-22)30(32,33)34)27(38)37(20-26(39-5)40-6)16-9-15-36-17-14-29(12-13-29)25(19-36)41-42(7,8)28(2,3)4/h10-11,18,21,25-26,35H,9,12-17,19-20H2,1-8H3/t21-,25+/m0/s1. The minimum Gasteiger partial charge on any atom is -0.412 e. The Morgan fingerprint density at radius 2 is 1.83 bits per heavy atom. The van der Waals surface area contributed by atoms with Gasteiger partial charge >= 0.3 is 6.18 Å². The molecule has 1 saturated carbocycles. The number of nitrogens with zero attached hydrogens (tertiary/aromatic N) is 2. The van der Waals surface area contributed by atoms with Crippen LogP contribution in [0.1, 0.15) is 58.9 Å². The number of halogens is 4. The zero-order chi connectivity index (χ0) is 31.5. The summed E-state index contributed by atoms with van der Waals surface area (Å²) in [7, 11) is 1.14. The lowest BCUT2D eigenvalue weighted by Crippen LogP contribution is -2.53. The van der Waals surface area contributed by atoms with Crippen LogP contribution in [0.3, 0.4) is 0 Å². The maximum absolute atomic E-state index is 13.5. The van der Waals surface area contributed by atoms with Gasteiger partial charge < -0.3 is 29.0 Å². The van der Waals surface area contributed by atoms with Crippen molar-refractivity contribution in [2.75, 3.05) is 52.3 Å². The monoisotopic (exact) mass is 635 g/mol. The molecular weight excluding hydrogens is 587 g/mol. The van der Waals surface area contributed by atoms with Crippen LogP contribution in [0.15, 0.2) is 18.2 Å². The topological polar surface area (TPSA) is 63.3 Å². The van der Waals surface area contributed by atoms with Crippen molar-refractivity contribution < 1.29 is 31.9 Å². The lowest BCUT2D eigenvalue weighted by molar-refractivity contribution is -0.146. The number of carbonyl (C=O) groups is 1. The number of methoxy groups -OCH3 is 2. The number of likely N-dealkylation sites (tertiary alicyclic amines) is 1. The SMILES string of the molecule is COC(CN(CCCN1CCC2(CC2)[C@H](O[Si](C)(C)C(C)(C)C)C1)C(=O)[C@H](C)Nc1ccc(C(F)(F)F)c(Cl)c1)OC. The molecule has 1 spiro atoms. The van der Waals surface area contributed by atoms with Crippen LogP contribution in [0.25, 0.3) is 0 Å². The molecule has 1 aliphatic heterocycles. The molecule has 1 amide bonds. The van der Waals surface area contributed by atoms with Gasteiger partial charge in [-0.3, -0.25) is 4.79 Å². The quantitative estimate of drug-likeness (QED) is 0.189. The van der Waals surface area contributed by atoms with Crippen LogP contribution in [0.4, 0.5) is 18.9 Å². The Labute approximate surface area is 255 Å². The van der Waals surface area contributed by atoms with Gasteiger partial charge in [0, 0.05) is 33.0 Å². The molecule has 1 N–H and O–H groups in total. The van der Waals surface area contributed by atoms with E-state index in [1.165, 1.54) is 39.2 Å². The van der Waals surface area contributed by atoms with Gasteiger partial charge in [0.05, 0.1) is 23.2 Å². The first-order valence-electron chi connectivity index (χ1n) is 14.8. The number of amides is 1. The van der Waals surface area contributed by atoms with Crippen LogP contribution >= 0.6 is 11.6 Å². The lowest BCUT2D eigenvalue weighted by atomic mass is 9.90. The summed E-state index contributed by atoms with van der Waals surface area (Å²) in [6.07, 6.45) is -0.524. The van der Waals surface area contributed by atoms with Gasteiger partial charge in [-0.05, 0) is 87.4 Å². The van der Waals surface area contributed by atoms with Gasteiger partial charge in [0.1, 0.15) is 6.04 Å². The highest BCUT2D eigenvalue weighted by Gasteiger charge is 2.54. The maximum Gasteiger partial charge on any atom is 0.417 e. The van der Waals surface area contributed by atoms with Gasteiger partial charge in [0.2, 0.25) is 5.91 Å². The third kappa shape index (κ3) is 8.85.